The van der Waals surface area contributed by atoms with Crippen LogP contribution in [0.15, 0.2) is 41.5 Å². The first-order chi connectivity index (χ1) is 20.4. The van der Waals surface area contributed by atoms with Crippen LogP contribution in [0.5, 0.6) is 5.75 Å². The molecule has 3 N–H and O–H groups in total. The zero-order valence-corrected chi connectivity index (χ0v) is 23.8. The third-order valence-corrected chi connectivity index (χ3v) is 8.45. The number of nitrogens with one attached hydrogen (secondary N) is 2. The molecule has 6 rings (SSSR count). The first kappa shape index (κ1) is 28.1. The summed E-state index contributed by atoms with van der Waals surface area (Å²) in [6.07, 6.45) is 7.15. The van der Waals surface area contributed by atoms with Crippen LogP contribution in [0.2, 0.25) is 0 Å². The molecule has 2 amide bonds. The largest absolute Gasteiger partial charge is 0.485 e. The van der Waals surface area contributed by atoms with Crippen molar-refractivity contribution in [3.05, 3.63) is 65.3 Å². The quantitative estimate of drug-likeness (QED) is 0.310. The lowest BCUT2D eigenvalue weighted by molar-refractivity contribution is -0.142. The van der Waals surface area contributed by atoms with Crippen molar-refractivity contribution in [1.82, 2.24) is 30.1 Å². The number of fused-ring (bicyclic) bond motifs is 1. The number of carbonyl (C=O) groups is 2. The molecule has 1 saturated carbocycles. The van der Waals surface area contributed by atoms with Gasteiger partial charge in [-0.25, -0.2) is 15.0 Å². The van der Waals surface area contributed by atoms with Crippen LogP contribution in [-0.4, -0.2) is 86.5 Å². The number of ether oxygens (including phenoxy) is 1. The van der Waals surface area contributed by atoms with Crippen molar-refractivity contribution in [2.75, 3.05) is 38.0 Å². The van der Waals surface area contributed by atoms with Gasteiger partial charge in [-0.2, -0.15) is 0 Å². The van der Waals surface area contributed by atoms with Crippen LogP contribution >= 0.6 is 0 Å². The fourth-order valence-corrected chi connectivity index (χ4v) is 5.82. The zero-order valence-electron chi connectivity index (χ0n) is 23.8. The summed E-state index contributed by atoms with van der Waals surface area (Å²) in [7, 11) is 0. The Morgan fingerprint density at radius 2 is 2.07 bits per heavy atom. The number of aromatic nitrogens is 3. The lowest BCUT2D eigenvalue weighted by Crippen LogP contribution is -2.50. The number of likely N-dealkylation sites (tertiary alicyclic amines) is 1. The van der Waals surface area contributed by atoms with Gasteiger partial charge >= 0.3 is 0 Å². The molecule has 0 bridgehead atoms. The molecule has 1 aliphatic carbocycles. The van der Waals surface area contributed by atoms with Gasteiger partial charge in [0, 0.05) is 57.3 Å². The number of aliphatic hydroxyl groups is 1. The maximum atomic E-state index is 12.8. The van der Waals surface area contributed by atoms with Crippen molar-refractivity contribution >= 4 is 17.6 Å². The number of oxazole rings is 1. The van der Waals surface area contributed by atoms with Crippen molar-refractivity contribution in [2.24, 2.45) is 5.92 Å². The molecule has 1 saturated heterocycles. The van der Waals surface area contributed by atoms with Gasteiger partial charge in [-0.15, -0.1) is 0 Å². The smallest absolute Gasteiger partial charge is 0.270 e. The van der Waals surface area contributed by atoms with Crippen molar-refractivity contribution < 1.29 is 23.8 Å². The Kier molecular flexibility index (Phi) is 8.34. The summed E-state index contributed by atoms with van der Waals surface area (Å²) in [6.45, 7) is 6.24. The van der Waals surface area contributed by atoms with Gasteiger partial charge in [0.15, 0.2) is 12.2 Å². The minimum Gasteiger partial charge on any atom is -0.485 e. The summed E-state index contributed by atoms with van der Waals surface area (Å²) in [5.41, 5.74) is 3.84. The summed E-state index contributed by atoms with van der Waals surface area (Å²) in [5, 5.41) is 16.8. The van der Waals surface area contributed by atoms with E-state index < -0.39 is 6.10 Å². The second-order valence-electron chi connectivity index (χ2n) is 11.4. The molecule has 1 aromatic carbocycles. The molecule has 12 heteroatoms. The number of aliphatic hydroxyl groups excluding tert-OH is 1. The second-order valence-corrected chi connectivity index (χ2v) is 11.4. The van der Waals surface area contributed by atoms with Gasteiger partial charge in [-0.3, -0.25) is 14.5 Å². The molecule has 4 heterocycles. The molecular weight excluding hydrogens is 538 g/mol. The third-order valence-electron chi connectivity index (χ3n) is 8.45. The maximum Gasteiger partial charge on any atom is 0.270 e. The van der Waals surface area contributed by atoms with E-state index in [0.717, 1.165) is 63.2 Å². The Labute approximate surface area is 244 Å². The summed E-state index contributed by atoms with van der Waals surface area (Å²) in [6, 6.07) is 5.82. The van der Waals surface area contributed by atoms with E-state index in [0.29, 0.717) is 24.7 Å². The molecule has 1 atom stereocenters. The number of benzene rings is 1. The van der Waals surface area contributed by atoms with Crippen molar-refractivity contribution in [1.29, 1.82) is 0 Å². The first-order valence-corrected chi connectivity index (χ1v) is 14.6. The highest BCUT2D eigenvalue weighted by molar-refractivity contribution is 5.92. The number of hydrogen-bond donors (Lipinski definition) is 3. The molecule has 42 heavy (non-hydrogen) atoms. The molecular formula is C30H37N7O5. The van der Waals surface area contributed by atoms with Gasteiger partial charge in [0.2, 0.25) is 5.91 Å². The molecule has 0 spiro atoms. The average Bonchev–Trinajstić information content (AvgIpc) is 3.46. The van der Waals surface area contributed by atoms with Crippen LogP contribution in [0.25, 0.3) is 0 Å². The fourth-order valence-electron chi connectivity index (χ4n) is 5.82. The minimum absolute atomic E-state index is 0.0774. The number of carbonyl (C=O) groups excluding carboxylic acids is 2. The van der Waals surface area contributed by atoms with Crippen LogP contribution < -0.4 is 15.4 Å². The Hall–Kier alpha value is -4.03. The molecule has 0 radical (unpaired) electrons. The van der Waals surface area contributed by atoms with Crippen LogP contribution in [0.3, 0.4) is 0 Å². The molecule has 0 unspecified atom stereocenters. The zero-order chi connectivity index (χ0) is 29.1. The molecule has 3 aliphatic rings. The van der Waals surface area contributed by atoms with Gasteiger partial charge in [0.1, 0.15) is 30.2 Å². The molecule has 222 valence electrons. The standard InChI is InChI=1S/C30H37N7O5/c1-19-25-5-8-36(14-20(25)3-4-27(19)41-16-24-13-31-18-42-24)15-23(38)12-32-29(39)26-11-28(34-17-33-26)35-22-9-21(10-22)30(40)37-6-2-7-37/h3-4,11,13,17-18,21-23,38H,2,5-10,12,14-16H2,1H3,(H,32,39)(H,33,34,35)/t21-,22-,23-/m0/s1. The lowest BCUT2D eigenvalue weighted by Gasteiger charge is -2.41. The highest BCUT2D eigenvalue weighted by Crippen LogP contribution is 2.33. The lowest BCUT2D eigenvalue weighted by atomic mass is 9.79. The van der Waals surface area contributed by atoms with Gasteiger partial charge in [0.25, 0.3) is 5.91 Å². The molecule has 2 aliphatic heterocycles. The number of rotatable bonds is 11. The fraction of sp³-hybridized carbons (Fsp3) is 0.500. The first-order valence-electron chi connectivity index (χ1n) is 14.6. The van der Waals surface area contributed by atoms with E-state index >= 15 is 0 Å². The Balaban J connectivity index is 0.941. The van der Waals surface area contributed by atoms with Crippen molar-refractivity contribution in [3.8, 4) is 5.75 Å². The van der Waals surface area contributed by atoms with Crippen LogP contribution in [0.4, 0.5) is 5.82 Å². The normalized spacial score (nSPS) is 20.6. The molecule has 12 nitrogen and oxygen atoms in total. The average molecular weight is 576 g/mol. The summed E-state index contributed by atoms with van der Waals surface area (Å²) in [5.74, 6) is 2.03. The SMILES string of the molecule is Cc1c(OCc2cnco2)ccc2c1CCN(C[C@@H](O)CNC(=O)c1cc(N[C@H]3C[C@H](C(=O)N4CCC4)C3)ncn1)C2. The van der Waals surface area contributed by atoms with Gasteiger partial charge in [-0.05, 0) is 55.4 Å². The van der Waals surface area contributed by atoms with E-state index in [9.17, 15) is 14.7 Å². The monoisotopic (exact) mass is 575 g/mol. The van der Waals surface area contributed by atoms with Crippen molar-refractivity contribution in [2.45, 2.75) is 57.9 Å². The Morgan fingerprint density at radius 1 is 1.21 bits per heavy atom. The Bertz CT molecular complexity index is 1410. The highest BCUT2D eigenvalue weighted by Gasteiger charge is 2.38. The number of anilines is 1. The minimum atomic E-state index is -0.726. The topological polar surface area (TPSA) is 146 Å². The highest BCUT2D eigenvalue weighted by atomic mass is 16.5. The Morgan fingerprint density at radius 3 is 2.83 bits per heavy atom. The predicted octanol–water partition coefficient (Wildman–Crippen LogP) is 1.92. The van der Waals surface area contributed by atoms with Crippen LogP contribution in [-0.2, 0) is 24.4 Å². The van der Waals surface area contributed by atoms with Gasteiger partial charge < -0.3 is 29.8 Å². The van der Waals surface area contributed by atoms with E-state index in [1.165, 1.54) is 23.8 Å². The molecule has 3 aromatic rings. The molecule has 2 fully saturated rings. The molecule has 2 aromatic heterocycles. The summed E-state index contributed by atoms with van der Waals surface area (Å²) < 4.78 is 11.2. The van der Waals surface area contributed by atoms with Gasteiger partial charge in [-0.1, -0.05) is 6.07 Å². The second kappa shape index (κ2) is 12.5. The van der Waals surface area contributed by atoms with Crippen LogP contribution in [0, 0.1) is 12.8 Å². The number of β-amino-alcohol motifs (C(OH)–C–C–N with tert-alkyl or cyclic N) is 1. The summed E-state index contributed by atoms with van der Waals surface area (Å²) >= 11 is 0. The van der Waals surface area contributed by atoms with E-state index in [1.807, 2.05) is 11.0 Å². The van der Waals surface area contributed by atoms with E-state index in [1.54, 1.807) is 12.3 Å². The number of hydrogen-bond acceptors (Lipinski definition) is 10. The number of nitrogens with zero attached hydrogens (tertiary/aromatic N) is 5. The van der Waals surface area contributed by atoms with E-state index in [-0.39, 0.29) is 36.0 Å². The van der Waals surface area contributed by atoms with Gasteiger partial charge in [0.05, 0.1) is 12.3 Å². The predicted molar refractivity (Wildman–Crippen MR) is 153 cm³/mol. The van der Waals surface area contributed by atoms with Crippen LogP contribution in [0.1, 0.15) is 52.2 Å². The summed E-state index contributed by atoms with van der Waals surface area (Å²) in [4.78, 5) is 41.4. The number of amides is 2. The van der Waals surface area contributed by atoms with E-state index in [4.69, 9.17) is 9.15 Å². The third kappa shape index (κ3) is 6.39. The van der Waals surface area contributed by atoms with Crippen molar-refractivity contribution in [3.63, 3.8) is 0 Å². The van der Waals surface area contributed by atoms with E-state index in [2.05, 4.69) is 43.5 Å². The maximum absolute atomic E-state index is 12.8.